The number of ether oxygens (including phenoxy) is 2. The molecule has 0 fully saturated rings. The van der Waals surface area contributed by atoms with Gasteiger partial charge in [-0.2, -0.15) is 0 Å². The monoisotopic (exact) mass is 271 g/mol. The van der Waals surface area contributed by atoms with E-state index in [2.05, 4.69) is 4.98 Å². The first kappa shape index (κ1) is 14.1. The second-order valence-electron chi connectivity index (χ2n) is 4.20. The Balaban J connectivity index is 2.02. The minimum atomic E-state index is -0.296. The molecule has 0 unspecified atom stereocenters. The lowest BCUT2D eigenvalue weighted by atomic mass is 10.2. The van der Waals surface area contributed by atoms with E-state index in [1.807, 2.05) is 36.4 Å². The molecule has 0 aliphatic rings. The highest BCUT2D eigenvalue weighted by Gasteiger charge is 2.11. The molecule has 20 heavy (non-hydrogen) atoms. The molecule has 0 aliphatic carbocycles. The normalized spacial score (nSPS) is 10.1. The van der Waals surface area contributed by atoms with Gasteiger partial charge in [0.25, 0.3) is 0 Å². The summed E-state index contributed by atoms with van der Waals surface area (Å²) in [5, 5.41) is 0. The molecule has 0 spiro atoms. The van der Waals surface area contributed by atoms with Crippen molar-refractivity contribution in [1.82, 2.24) is 4.98 Å². The number of benzene rings is 1. The molecule has 0 bridgehead atoms. The summed E-state index contributed by atoms with van der Waals surface area (Å²) in [5.74, 6) is 0.320. The predicted molar refractivity (Wildman–Crippen MR) is 75.3 cm³/mol. The minimum absolute atomic E-state index is 0.124. The van der Waals surface area contributed by atoms with Gasteiger partial charge in [0.05, 0.1) is 18.7 Å². The topological polar surface area (TPSA) is 48.4 Å². The maximum atomic E-state index is 11.5. The lowest BCUT2D eigenvalue weighted by Crippen LogP contribution is -2.10. The molecular formula is C16H17NO3. The van der Waals surface area contributed by atoms with Crippen LogP contribution in [0.2, 0.25) is 0 Å². The highest BCUT2D eigenvalue weighted by Crippen LogP contribution is 2.18. The average molecular weight is 271 g/mol. The van der Waals surface area contributed by atoms with E-state index in [1.54, 1.807) is 19.2 Å². The Labute approximate surface area is 118 Å². The van der Waals surface area contributed by atoms with Gasteiger partial charge in [-0.05, 0) is 24.6 Å². The second-order valence-corrected chi connectivity index (χ2v) is 4.20. The molecule has 0 amide bonds. The smallest absolute Gasteiger partial charge is 0.312 e. The van der Waals surface area contributed by atoms with Gasteiger partial charge in [-0.25, -0.2) is 0 Å². The standard InChI is InChI=1S/C16H17NO3/c1-2-19-16(18)11-14-15(9-6-10-17-14)20-12-13-7-4-3-5-8-13/h3-10H,2,11-12H2,1H3. The van der Waals surface area contributed by atoms with Crippen molar-refractivity contribution < 1.29 is 14.3 Å². The van der Waals surface area contributed by atoms with Crippen LogP contribution < -0.4 is 4.74 Å². The van der Waals surface area contributed by atoms with Crippen LogP contribution in [-0.2, 0) is 22.6 Å². The largest absolute Gasteiger partial charge is 0.487 e. The second kappa shape index (κ2) is 7.28. The van der Waals surface area contributed by atoms with Crippen LogP contribution in [0.4, 0.5) is 0 Å². The zero-order valence-electron chi connectivity index (χ0n) is 11.4. The minimum Gasteiger partial charge on any atom is -0.487 e. The van der Waals surface area contributed by atoms with Crippen LogP contribution in [-0.4, -0.2) is 17.6 Å². The van der Waals surface area contributed by atoms with Gasteiger partial charge in [0, 0.05) is 6.20 Å². The van der Waals surface area contributed by atoms with Crippen LogP contribution in [0.3, 0.4) is 0 Å². The maximum absolute atomic E-state index is 11.5. The Morgan fingerprint density at radius 3 is 2.70 bits per heavy atom. The molecule has 1 aromatic carbocycles. The van der Waals surface area contributed by atoms with Crippen LogP contribution in [0, 0.1) is 0 Å². The van der Waals surface area contributed by atoms with Crippen LogP contribution in [0.25, 0.3) is 0 Å². The Bertz CT molecular complexity index is 555. The average Bonchev–Trinajstić information content (AvgIpc) is 2.48. The molecule has 0 atom stereocenters. The Kier molecular flexibility index (Phi) is 5.12. The van der Waals surface area contributed by atoms with Crippen molar-refractivity contribution in [3.63, 3.8) is 0 Å². The number of pyridine rings is 1. The van der Waals surface area contributed by atoms with Gasteiger partial charge >= 0.3 is 5.97 Å². The highest BCUT2D eigenvalue weighted by atomic mass is 16.5. The SMILES string of the molecule is CCOC(=O)Cc1ncccc1OCc1ccccc1. The molecule has 0 saturated heterocycles. The third-order valence-electron chi connectivity index (χ3n) is 2.70. The summed E-state index contributed by atoms with van der Waals surface area (Å²) in [5.41, 5.74) is 1.67. The first-order chi connectivity index (χ1) is 9.79. The molecule has 4 nitrogen and oxygen atoms in total. The van der Waals surface area contributed by atoms with Gasteiger partial charge in [-0.15, -0.1) is 0 Å². The van der Waals surface area contributed by atoms with Crippen LogP contribution in [0.15, 0.2) is 48.7 Å². The van der Waals surface area contributed by atoms with Gasteiger partial charge < -0.3 is 9.47 Å². The summed E-state index contributed by atoms with van der Waals surface area (Å²) in [6.45, 7) is 2.59. The van der Waals surface area contributed by atoms with E-state index < -0.39 is 0 Å². The third kappa shape index (κ3) is 4.09. The van der Waals surface area contributed by atoms with Crippen molar-refractivity contribution in [2.75, 3.05) is 6.61 Å². The molecule has 0 aliphatic heterocycles. The van der Waals surface area contributed by atoms with Crippen molar-refractivity contribution in [1.29, 1.82) is 0 Å². The van der Waals surface area contributed by atoms with Crippen molar-refractivity contribution in [2.45, 2.75) is 20.0 Å². The molecular weight excluding hydrogens is 254 g/mol. The van der Waals surface area contributed by atoms with Crippen molar-refractivity contribution in [3.8, 4) is 5.75 Å². The fourth-order valence-electron chi connectivity index (χ4n) is 1.77. The van der Waals surface area contributed by atoms with E-state index >= 15 is 0 Å². The summed E-state index contributed by atoms with van der Waals surface area (Å²) < 4.78 is 10.7. The van der Waals surface area contributed by atoms with Crippen LogP contribution >= 0.6 is 0 Å². The number of aromatic nitrogens is 1. The first-order valence-electron chi connectivity index (χ1n) is 6.56. The quantitative estimate of drug-likeness (QED) is 0.758. The van der Waals surface area contributed by atoms with Gasteiger partial charge in [-0.1, -0.05) is 30.3 Å². The summed E-state index contributed by atoms with van der Waals surface area (Å²) in [6, 6.07) is 13.4. The number of hydrogen-bond donors (Lipinski definition) is 0. The molecule has 0 radical (unpaired) electrons. The maximum Gasteiger partial charge on any atom is 0.312 e. The summed E-state index contributed by atoms with van der Waals surface area (Å²) in [7, 11) is 0. The Morgan fingerprint density at radius 1 is 1.15 bits per heavy atom. The number of esters is 1. The van der Waals surface area contributed by atoms with Gasteiger partial charge in [-0.3, -0.25) is 9.78 Å². The van der Waals surface area contributed by atoms with Crippen molar-refractivity contribution in [2.24, 2.45) is 0 Å². The molecule has 0 N–H and O–H groups in total. The number of carbonyl (C=O) groups excluding carboxylic acids is 1. The number of nitrogens with zero attached hydrogens (tertiary/aromatic N) is 1. The van der Waals surface area contributed by atoms with E-state index in [1.165, 1.54) is 0 Å². The summed E-state index contributed by atoms with van der Waals surface area (Å²) >= 11 is 0. The molecule has 1 aromatic heterocycles. The fraction of sp³-hybridized carbons (Fsp3) is 0.250. The molecule has 0 saturated carbocycles. The molecule has 104 valence electrons. The lowest BCUT2D eigenvalue weighted by Gasteiger charge is -2.10. The van der Waals surface area contributed by atoms with Gasteiger partial charge in [0.1, 0.15) is 12.4 Å². The fourth-order valence-corrected chi connectivity index (χ4v) is 1.77. The Hall–Kier alpha value is -2.36. The molecule has 1 heterocycles. The van der Waals surface area contributed by atoms with E-state index in [0.717, 1.165) is 5.56 Å². The van der Waals surface area contributed by atoms with Crippen LogP contribution in [0.5, 0.6) is 5.75 Å². The third-order valence-corrected chi connectivity index (χ3v) is 2.70. The Morgan fingerprint density at radius 2 is 1.95 bits per heavy atom. The number of hydrogen-bond acceptors (Lipinski definition) is 4. The zero-order valence-corrected chi connectivity index (χ0v) is 11.4. The van der Waals surface area contributed by atoms with Crippen molar-refractivity contribution >= 4 is 5.97 Å². The van der Waals surface area contributed by atoms with Gasteiger partial charge in [0.15, 0.2) is 0 Å². The highest BCUT2D eigenvalue weighted by molar-refractivity contribution is 5.72. The zero-order chi connectivity index (χ0) is 14.2. The van der Waals surface area contributed by atoms with E-state index in [0.29, 0.717) is 24.7 Å². The van der Waals surface area contributed by atoms with E-state index in [4.69, 9.17) is 9.47 Å². The van der Waals surface area contributed by atoms with E-state index in [9.17, 15) is 4.79 Å². The molecule has 2 aromatic rings. The first-order valence-corrected chi connectivity index (χ1v) is 6.56. The number of rotatable bonds is 6. The lowest BCUT2D eigenvalue weighted by molar-refractivity contribution is -0.142. The molecule has 4 heteroatoms. The van der Waals surface area contributed by atoms with Crippen molar-refractivity contribution in [3.05, 3.63) is 59.9 Å². The predicted octanol–water partition coefficient (Wildman–Crippen LogP) is 2.77. The molecule has 2 rings (SSSR count). The number of carbonyl (C=O) groups is 1. The van der Waals surface area contributed by atoms with E-state index in [-0.39, 0.29) is 12.4 Å². The van der Waals surface area contributed by atoms with Gasteiger partial charge in [0.2, 0.25) is 0 Å². The summed E-state index contributed by atoms with van der Waals surface area (Å²) in [6.07, 6.45) is 1.77. The van der Waals surface area contributed by atoms with Crippen LogP contribution in [0.1, 0.15) is 18.2 Å². The summed E-state index contributed by atoms with van der Waals surface area (Å²) in [4.78, 5) is 15.7.